The maximum Gasteiger partial charge on any atom is 0.401 e. The van der Waals surface area contributed by atoms with Crippen LogP contribution in [0.25, 0.3) is 0 Å². The molecule has 116 valence electrons. The summed E-state index contributed by atoms with van der Waals surface area (Å²) in [7, 11) is 1.25. The Hall–Kier alpha value is -2.36. The van der Waals surface area contributed by atoms with E-state index in [1.165, 1.54) is 19.2 Å². The summed E-state index contributed by atoms with van der Waals surface area (Å²) >= 11 is 0. The predicted molar refractivity (Wildman–Crippen MR) is 67.2 cm³/mol. The number of rotatable bonds is 6. The van der Waals surface area contributed by atoms with Gasteiger partial charge in [0.15, 0.2) is 5.75 Å². The first-order valence-electron chi connectivity index (χ1n) is 5.62. The van der Waals surface area contributed by atoms with Crippen molar-refractivity contribution in [2.75, 3.05) is 25.5 Å². The number of anilines is 1. The van der Waals surface area contributed by atoms with Crippen LogP contribution in [0.1, 0.15) is 0 Å². The summed E-state index contributed by atoms with van der Waals surface area (Å²) in [4.78, 5) is 21.5. The summed E-state index contributed by atoms with van der Waals surface area (Å²) in [5.74, 6) is -0.744. The van der Waals surface area contributed by atoms with E-state index in [4.69, 9.17) is 4.74 Å². The Labute approximate surface area is 117 Å². The Morgan fingerprint density at radius 2 is 2.10 bits per heavy atom. The van der Waals surface area contributed by atoms with E-state index in [0.29, 0.717) is 0 Å². The zero-order chi connectivity index (χ0) is 16.0. The van der Waals surface area contributed by atoms with Crippen molar-refractivity contribution in [1.29, 1.82) is 0 Å². The van der Waals surface area contributed by atoms with Crippen molar-refractivity contribution in [3.8, 4) is 5.75 Å². The molecular formula is C11H12F3N3O4. The van der Waals surface area contributed by atoms with Crippen LogP contribution in [0.4, 0.5) is 24.5 Å². The average Bonchev–Trinajstić information content (AvgIpc) is 2.37. The number of nitrogens with one attached hydrogen (secondary N) is 2. The van der Waals surface area contributed by atoms with Crippen molar-refractivity contribution < 1.29 is 27.6 Å². The quantitative estimate of drug-likeness (QED) is 0.616. The third-order valence-electron chi connectivity index (χ3n) is 2.27. The molecule has 0 saturated carbocycles. The van der Waals surface area contributed by atoms with Crippen LogP contribution >= 0.6 is 0 Å². The van der Waals surface area contributed by atoms with Gasteiger partial charge in [-0.15, -0.1) is 0 Å². The topological polar surface area (TPSA) is 93.5 Å². The number of carbonyl (C=O) groups is 1. The van der Waals surface area contributed by atoms with E-state index < -0.39 is 30.1 Å². The lowest BCUT2D eigenvalue weighted by atomic mass is 10.2. The number of methoxy groups -OCH3 is 1. The summed E-state index contributed by atoms with van der Waals surface area (Å²) in [6, 6.07) is 3.67. The minimum Gasteiger partial charge on any atom is -0.490 e. The number of carbonyl (C=O) groups excluding carboxylic acids is 1. The van der Waals surface area contributed by atoms with Gasteiger partial charge in [-0.1, -0.05) is 0 Å². The van der Waals surface area contributed by atoms with Crippen LogP contribution in [-0.2, 0) is 4.79 Å². The minimum absolute atomic E-state index is 0.00759. The van der Waals surface area contributed by atoms with Gasteiger partial charge in [-0.05, 0) is 12.1 Å². The number of benzene rings is 1. The number of hydrogen-bond acceptors (Lipinski definition) is 5. The molecule has 0 aliphatic carbocycles. The maximum absolute atomic E-state index is 11.9. The van der Waals surface area contributed by atoms with Gasteiger partial charge in [-0.3, -0.25) is 14.9 Å². The Bertz CT molecular complexity index is 534. The standard InChI is InChI=1S/C11H12F3N3O4/c1-21-9-3-2-7(4-8(9)17(19)20)16-10(18)5-15-6-11(12,13)14/h2-4,15H,5-6H2,1H3,(H,16,18). The van der Waals surface area contributed by atoms with Gasteiger partial charge >= 0.3 is 11.9 Å². The highest BCUT2D eigenvalue weighted by Gasteiger charge is 2.26. The van der Waals surface area contributed by atoms with Crippen LogP contribution in [0.5, 0.6) is 5.75 Å². The summed E-state index contributed by atoms with van der Waals surface area (Å²) in [6.45, 7) is -1.87. The second-order valence-corrected chi connectivity index (χ2v) is 3.91. The first kappa shape index (κ1) is 16.7. The Morgan fingerprint density at radius 1 is 1.43 bits per heavy atom. The average molecular weight is 307 g/mol. The van der Waals surface area contributed by atoms with Crippen LogP contribution in [0, 0.1) is 10.1 Å². The largest absolute Gasteiger partial charge is 0.490 e. The van der Waals surface area contributed by atoms with Crippen molar-refractivity contribution in [3.05, 3.63) is 28.3 Å². The lowest BCUT2D eigenvalue weighted by molar-refractivity contribution is -0.385. The van der Waals surface area contributed by atoms with Crippen molar-refractivity contribution >= 4 is 17.3 Å². The fourth-order valence-electron chi connectivity index (χ4n) is 1.43. The molecule has 0 bridgehead atoms. The molecule has 1 aromatic carbocycles. The van der Waals surface area contributed by atoms with Gasteiger partial charge in [-0.25, -0.2) is 0 Å². The van der Waals surface area contributed by atoms with E-state index in [2.05, 4.69) is 5.32 Å². The van der Waals surface area contributed by atoms with Crippen LogP contribution in [0.15, 0.2) is 18.2 Å². The first-order valence-corrected chi connectivity index (χ1v) is 5.62. The minimum atomic E-state index is -4.42. The summed E-state index contributed by atoms with van der Waals surface area (Å²) < 4.78 is 40.4. The molecule has 0 atom stereocenters. The number of ether oxygens (including phenoxy) is 1. The molecule has 1 aromatic rings. The number of amides is 1. The van der Waals surface area contributed by atoms with Crippen molar-refractivity contribution in [2.45, 2.75) is 6.18 Å². The SMILES string of the molecule is COc1ccc(NC(=O)CNCC(F)(F)F)cc1[N+](=O)[O-]. The molecule has 0 aliphatic rings. The number of nitro benzene ring substituents is 1. The van der Waals surface area contributed by atoms with Gasteiger partial charge in [0.25, 0.3) is 0 Å². The third-order valence-corrected chi connectivity index (χ3v) is 2.27. The van der Waals surface area contributed by atoms with E-state index >= 15 is 0 Å². The maximum atomic E-state index is 11.9. The smallest absolute Gasteiger partial charge is 0.401 e. The van der Waals surface area contributed by atoms with E-state index in [1.54, 1.807) is 0 Å². The summed E-state index contributed by atoms with van der Waals surface area (Å²) in [5.41, 5.74) is -0.278. The van der Waals surface area contributed by atoms with Crippen LogP contribution in [0.3, 0.4) is 0 Å². The van der Waals surface area contributed by atoms with Crippen molar-refractivity contribution in [1.82, 2.24) is 5.32 Å². The monoisotopic (exact) mass is 307 g/mol. The molecule has 1 amide bonds. The highest BCUT2D eigenvalue weighted by atomic mass is 19.4. The van der Waals surface area contributed by atoms with E-state index in [-0.39, 0.29) is 17.1 Å². The van der Waals surface area contributed by atoms with Crippen molar-refractivity contribution in [2.24, 2.45) is 0 Å². The van der Waals surface area contributed by atoms with Crippen molar-refractivity contribution in [3.63, 3.8) is 0 Å². The molecule has 21 heavy (non-hydrogen) atoms. The van der Waals surface area contributed by atoms with Gasteiger partial charge < -0.3 is 15.4 Å². The lowest BCUT2D eigenvalue weighted by Crippen LogP contribution is -2.35. The molecule has 0 aliphatic heterocycles. The predicted octanol–water partition coefficient (Wildman–Crippen LogP) is 1.69. The Balaban J connectivity index is 2.64. The normalized spacial score (nSPS) is 11.0. The number of halogens is 3. The molecule has 0 radical (unpaired) electrons. The summed E-state index contributed by atoms with van der Waals surface area (Å²) in [5, 5.41) is 14.9. The number of nitrogens with zero attached hydrogens (tertiary/aromatic N) is 1. The number of nitro groups is 1. The highest BCUT2D eigenvalue weighted by molar-refractivity contribution is 5.92. The number of hydrogen-bond donors (Lipinski definition) is 2. The molecular weight excluding hydrogens is 295 g/mol. The van der Waals surface area contributed by atoms with Crippen LogP contribution < -0.4 is 15.4 Å². The van der Waals surface area contributed by atoms with E-state index in [0.717, 1.165) is 6.07 Å². The molecule has 0 unspecified atom stereocenters. The fraction of sp³-hybridized carbons (Fsp3) is 0.364. The zero-order valence-electron chi connectivity index (χ0n) is 10.9. The molecule has 0 spiro atoms. The molecule has 0 fully saturated rings. The second-order valence-electron chi connectivity index (χ2n) is 3.91. The third kappa shape index (κ3) is 5.65. The van der Waals surface area contributed by atoms with E-state index in [1.807, 2.05) is 5.32 Å². The van der Waals surface area contributed by atoms with Crippen LogP contribution in [-0.4, -0.2) is 37.2 Å². The van der Waals surface area contributed by atoms with Gasteiger partial charge in [0.2, 0.25) is 5.91 Å². The lowest BCUT2D eigenvalue weighted by Gasteiger charge is -2.09. The molecule has 7 nitrogen and oxygen atoms in total. The molecule has 0 heterocycles. The Kier molecular flexibility index (Phi) is 5.47. The first-order chi connectivity index (χ1) is 9.73. The van der Waals surface area contributed by atoms with E-state index in [9.17, 15) is 28.1 Å². The molecule has 0 saturated heterocycles. The fourth-order valence-corrected chi connectivity index (χ4v) is 1.43. The van der Waals surface area contributed by atoms with Crippen LogP contribution in [0.2, 0.25) is 0 Å². The van der Waals surface area contributed by atoms with Gasteiger partial charge in [0.1, 0.15) is 0 Å². The van der Waals surface area contributed by atoms with Gasteiger partial charge in [0.05, 0.1) is 25.1 Å². The second kappa shape index (κ2) is 6.88. The molecule has 10 heteroatoms. The Morgan fingerprint density at radius 3 is 2.62 bits per heavy atom. The highest BCUT2D eigenvalue weighted by Crippen LogP contribution is 2.29. The van der Waals surface area contributed by atoms with Gasteiger partial charge in [0, 0.05) is 11.8 Å². The molecule has 2 N–H and O–H groups in total. The zero-order valence-corrected chi connectivity index (χ0v) is 10.9. The van der Waals surface area contributed by atoms with Gasteiger partial charge in [-0.2, -0.15) is 13.2 Å². The number of alkyl halides is 3. The summed E-state index contributed by atoms with van der Waals surface area (Å²) in [6.07, 6.45) is -4.42. The molecule has 1 rings (SSSR count). The molecule has 0 aromatic heterocycles.